The van der Waals surface area contributed by atoms with Crippen molar-refractivity contribution < 1.29 is 9.59 Å². The third-order valence-electron chi connectivity index (χ3n) is 4.29. The molecule has 0 aliphatic carbocycles. The highest BCUT2D eigenvalue weighted by atomic mass is 16.2. The summed E-state index contributed by atoms with van der Waals surface area (Å²) in [6.45, 7) is 2.10. The summed E-state index contributed by atoms with van der Waals surface area (Å²) in [6.07, 6.45) is 1.27. The molecule has 3 N–H and O–H groups in total. The average Bonchev–Trinajstić information content (AvgIpc) is 3.23. The minimum absolute atomic E-state index is 0.0471. The van der Waals surface area contributed by atoms with Gasteiger partial charge in [0.05, 0.1) is 5.52 Å². The quantitative estimate of drug-likeness (QED) is 0.749. The van der Waals surface area contributed by atoms with Crippen LogP contribution < -0.4 is 10.6 Å². The molecule has 1 saturated heterocycles. The molecule has 7 nitrogen and oxygen atoms in total. The Morgan fingerprint density at radius 1 is 1.39 bits per heavy atom. The van der Waals surface area contributed by atoms with E-state index in [1.165, 1.54) is 0 Å². The second-order valence-electron chi connectivity index (χ2n) is 5.77. The van der Waals surface area contributed by atoms with Crippen LogP contribution in [0.25, 0.3) is 10.9 Å². The van der Waals surface area contributed by atoms with Gasteiger partial charge in [-0.05, 0) is 19.0 Å². The predicted octanol–water partition coefficient (Wildman–Crippen LogP) is 0.503. The average molecular weight is 315 g/mol. The van der Waals surface area contributed by atoms with E-state index in [4.69, 9.17) is 0 Å². The maximum atomic E-state index is 12.2. The van der Waals surface area contributed by atoms with Crippen molar-refractivity contribution in [1.82, 2.24) is 25.7 Å². The minimum atomic E-state index is -0.263. The number of nitrogens with one attached hydrogen (secondary N) is 3. The van der Waals surface area contributed by atoms with Crippen LogP contribution in [0.3, 0.4) is 0 Å². The maximum absolute atomic E-state index is 12.2. The Morgan fingerprint density at radius 2 is 2.22 bits per heavy atom. The summed E-state index contributed by atoms with van der Waals surface area (Å²) in [6, 6.07) is 7.72. The first-order chi connectivity index (χ1) is 11.2. The van der Waals surface area contributed by atoms with E-state index in [2.05, 4.69) is 20.8 Å². The molecule has 0 spiro atoms. The van der Waals surface area contributed by atoms with Gasteiger partial charge in [-0.15, -0.1) is 0 Å². The number of carbonyl (C=O) groups is 2. The zero-order valence-corrected chi connectivity index (χ0v) is 13.1. The van der Waals surface area contributed by atoms with E-state index in [1.54, 1.807) is 4.90 Å². The number of rotatable bonds is 5. The third kappa shape index (κ3) is 3.34. The molecule has 122 valence electrons. The van der Waals surface area contributed by atoms with Gasteiger partial charge in [0.15, 0.2) is 5.69 Å². The molecule has 1 aliphatic rings. The lowest BCUT2D eigenvalue weighted by Crippen LogP contribution is -2.40. The third-order valence-corrected chi connectivity index (χ3v) is 4.29. The first-order valence-electron chi connectivity index (χ1n) is 7.84. The van der Waals surface area contributed by atoms with Crippen molar-refractivity contribution >= 4 is 22.7 Å². The zero-order chi connectivity index (χ0) is 16.2. The minimum Gasteiger partial charge on any atom is -0.350 e. The molecule has 1 aromatic heterocycles. The molecule has 1 fully saturated rings. The van der Waals surface area contributed by atoms with Gasteiger partial charge in [0.1, 0.15) is 0 Å². The first-order valence-corrected chi connectivity index (χ1v) is 7.84. The maximum Gasteiger partial charge on any atom is 0.272 e. The van der Waals surface area contributed by atoms with Gasteiger partial charge >= 0.3 is 0 Å². The Labute approximate surface area is 134 Å². The lowest BCUT2D eigenvalue weighted by atomic mass is 10.2. The van der Waals surface area contributed by atoms with E-state index in [0.717, 1.165) is 30.4 Å². The highest BCUT2D eigenvalue weighted by molar-refractivity contribution is 6.04. The molecule has 7 heteroatoms. The molecule has 0 saturated carbocycles. The number of hydrogen-bond donors (Lipinski definition) is 3. The molecule has 23 heavy (non-hydrogen) atoms. The van der Waals surface area contributed by atoms with Crippen LogP contribution in [0.1, 0.15) is 23.3 Å². The molecule has 3 rings (SSSR count). The SMILES string of the molecule is CN(C(=O)CCNC(=O)c1n[nH]c2ccccc12)C1CCNC1. The number of aromatic amines is 1. The molecule has 0 radical (unpaired) electrons. The Bertz CT molecular complexity index is 705. The van der Waals surface area contributed by atoms with Crippen LogP contribution >= 0.6 is 0 Å². The van der Waals surface area contributed by atoms with Crippen molar-refractivity contribution in [3.05, 3.63) is 30.0 Å². The van der Waals surface area contributed by atoms with Gasteiger partial charge in [-0.2, -0.15) is 5.10 Å². The van der Waals surface area contributed by atoms with Crippen molar-refractivity contribution in [2.75, 3.05) is 26.7 Å². The van der Waals surface area contributed by atoms with Crippen molar-refractivity contribution in [1.29, 1.82) is 0 Å². The fraction of sp³-hybridized carbons (Fsp3) is 0.438. The largest absolute Gasteiger partial charge is 0.350 e. The van der Waals surface area contributed by atoms with Crippen LogP contribution in [-0.2, 0) is 4.79 Å². The van der Waals surface area contributed by atoms with Crippen LogP contribution in [0.15, 0.2) is 24.3 Å². The van der Waals surface area contributed by atoms with Crippen LogP contribution in [0.4, 0.5) is 0 Å². The molecule has 2 amide bonds. The Balaban J connectivity index is 1.52. The van der Waals surface area contributed by atoms with Gasteiger partial charge in [0.25, 0.3) is 5.91 Å². The lowest BCUT2D eigenvalue weighted by Gasteiger charge is -2.23. The van der Waals surface area contributed by atoms with Gasteiger partial charge in [-0.1, -0.05) is 18.2 Å². The molecular weight excluding hydrogens is 294 g/mol. The van der Waals surface area contributed by atoms with E-state index in [1.807, 2.05) is 31.3 Å². The van der Waals surface area contributed by atoms with Crippen molar-refractivity contribution in [2.24, 2.45) is 0 Å². The Kier molecular flexibility index (Phi) is 4.57. The van der Waals surface area contributed by atoms with Crippen molar-refractivity contribution in [2.45, 2.75) is 18.9 Å². The molecule has 2 aromatic rings. The fourth-order valence-electron chi connectivity index (χ4n) is 2.85. The van der Waals surface area contributed by atoms with E-state index in [-0.39, 0.29) is 17.9 Å². The van der Waals surface area contributed by atoms with Crippen LogP contribution in [0, 0.1) is 0 Å². The van der Waals surface area contributed by atoms with E-state index >= 15 is 0 Å². The molecule has 1 atom stereocenters. The van der Waals surface area contributed by atoms with Gasteiger partial charge in [0.2, 0.25) is 5.91 Å². The highest BCUT2D eigenvalue weighted by Gasteiger charge is 2.23. The molecule has 1 aliphatic heterocycles. The number of nitrogens with zero attached hydrogens (tertiary/aromatic N) is 2. The van der Waals surface area contributed by atoms with Gasteiger partial charge < -0.3 is 15.5 Å². The Hall–Kier alpha value is -2.41. The number of benzene rings is 1. The van der Waals surface area contributed by atoms with Gasteiger partial charge in [-0.3, -0.25) is 14.7 Å². The highest BCUT2D eigenvalue weighted by Crippen LogP contribution is 2.14. The number of fused-ring (bicyclic) bond motifs is 1. The van der Waals surface area contributed by atoms with E-state index in [9.17, 15) is 9.59 Å². The zero-order valence-electron chi connectivity index (χ0n) is 13.1. The molecule has 1 aromatic carbocycles. The number of H-pyrrole nitrogens is 1. The second kappa shape index (κ2) is 6.78. The fourth-order valence-corrected chi connectivity index (χ4v) is 2.85. The Morgan fingerprint density at radius 3 is 3.00 bits per heavy atom. The summed E-state index contributed by atoms with van der Waals surface area (Å²) in [7, 11) is 1.82. The number of para-hydroxylation sites is 1. The monoisotopic (exact) mass is 315 g/mol. The van der Waals surface area contributed by atoms with E-state index in [0.29, 0.717) is 18.7 Å². The first kappa shape index (κ1) is 15.5. The molecule has 0 bridgehead atoms. The standard InChI is InChI=1S/C16H21N5O2/c1-21(11-6-8-17-10-11)14(22)7-9-18-16(23)15-12-4-2-3-5-13(12)19-20-15/h2-5,11,17H,6-10H2,1H3,(H,18,23)(H,19,20). The molecule has 2 heterocycles. The summed E-state index contributed by atoms with van der Waals surface area (Å²) < 4.78 is 0. The summed E-state index contributed by atoms with van der Waals surface area (Å²) in [4.78, 5) is 26.1. The smallest absolute Gasteiger partial charge is 0.272 e. The molecule has 1 unspecified atom stereocenters. The second-order valence-corrected chi connectivity index (χ2v) is 5.77. The van der Waals surface area contributed by atoms with Crippen molar-refractivity contribution in [3.63, 3.8) is 0 Å². The summed E-state index contributed by atoms with van der Waals surface area (Å²) >= 11 is 0. The van der Waals surface area contributed by atoms with Crippen LogP contribution in [-0.4, -0.2) is 59.6 Å². The summed E-state index contributed by atoms with van der Waals surface area (Å²) in [5.74, 6) is -0.216. The number of aromatic nitrogens is 2. The van der Waals surface area contributed by atoms with Crippen LogP contribution in [0.2, 0.25) is 0 Å². The summed E-state index contributed by atoms with van der Waals surface area (Å²) in [5, 5.41) is 13.7. The number of hydrogen-bond acceptors (Lipinski definition) is 4. The number of carbonyl (C=O) groups excluding carboxylic acids is 2. The number of likely N-dealkylation sites (N-methyl/N-ethyl adjacent to an activating group) is 1. The topological polar surface area (TPSA) is 90.1 Å². The van der Waals surface area contributed by atoms with Gasteiger partial charge in [0, 0.05) is 38.0 Å². The normalized spacial score (nSPS) is 17.3. The summed E-state index contributed by atoms with van der Waals surface area (Å²) in [5.41, 5.74) is 1.18. The lowest BCUT2D eigenvalue weighted by molar-refractivity contribution is -0.131. The predicted molar refractivity (Wildman–Crippen MR) is 87.1 cm³/mol. The molecular formula is C16H21N5O2. The number of amides is 2. The van der Waals surface area contributed by atoms with Gasteiger partial charge in [-0.25, -0.2) is 0 Å². The van der Waals surface area contributed by atoms with Crippen molar-refractivity contribution in [3.8, 4) is 0 Å². The van der Waals surface area contributed by atoms with E-state index < -0.39 is 0 Å². The van der Waals surface area contributed by atoms with Crippen LogP contribution in [0.5, 0.6) is 0 Å².